The lowest BCUT2D eigenvalue weighted by Crippen LogP contribution is -2.23. The molecule has 0 aliphatic carbocycles. The lowest BCUT2D eigenvalue weighted by Gasteiger charge is -2.19. The van der Waals surface area contributed by atoms with Crippen LogP contribution in [0.1, 0.15) is 156 Å². The van der Waals surface area contributed by atoms with Crippen LogP contribution in [-0.2, 0) is 19.1 Å². The van der Waals surface area contributed by atoms with Crippen LogP contribution in [-0.4, -0.2) is 25.2 Å². The lowest BCUT2D eigenvalue weighted by molar-refractivity contribution is -0.150. The number of rotatable bonds is 25. The number of carbonyl (C=O) groups excluding carboxylic acids is 2. The Labute approximate surface area is 212 Å². The van der Waals surface area contributed by atoms with Crippen LogP contribution in [0, 0.1) is 11.8 Å². The molecule has 4 nitrogen and oxygen atoms in total. The first-order valence-corrected chi connectivity index (χ1v) is 14.8. The molecule has 0 aliphatic rings. The van der Waals surface area contributed by atoms with Gasteiger partial charge in [0.15, 0.2) is 0 Å². The van der Waals surface area contributed by atoms with Gasteiger partial charge in [0.05, 0.1) is 19.1 Å². The van der Waals surface area contributed by atoms with E-state index in [9.17, 15) is 9.59 Å². The molecule has 0 aromatic heterocycles. The van der Waals surface area contributed by atoms with Crippen LogP contribution < -0.4 is 0 Å². The molecular weight excluding hydrogens is 424 g/mol. The molecule has 0 heterocycles. The zero-order valence-corrected chi connectivity index (χ0v) is 23.3. The molecule has 202 valence electrons. The van der Waals surface area contributed by atoms with E-state index in [1.165, 1.54) is 57.8 Å². The number of esters is 2. The van der Waals surface area contributed by atoms with E-state index in [0.29, 0.717) is 25.6 Å². The fourth-order valence-electron chi connectivity index (χ4n) is 4.37. The second-order valence-corrected chi connectivity index (χ2v) is 10.4. The van der Waals surface area contributed by atoms with Gasteiger partial charge in [-0.15, -0.1) is 0 Å². The largest absolute Gasteiger partial charge is 0.466 e. The molecule has 0 aromatic rings. The third-order valence-corrected chi connectivity index (χ3v) is 6.76. The van der Waals surface area contributed by atoms with Crippen molar-refractivity contribution in [3.63, 3.8) is 0 Å². The van der Waals surface area contributed by atoms with E-state index < -0.39 is 0 Å². The third kappa shape index (κ3) is 21.5. The van der Waals surface area contributed by atoms with E-state index in [1.54, 1.807) is 0 Å². The van der Waals surface area contributed by atoms with Gasteiger partial charge in [-0.05, 0) is 31.6 Å². The second kappa shape index (κ2) is 25.0. The third-order valence-electron chi connectivity index (χ3n) is 6.76. The highest BCUT2D eigenvalue weighted by Gasteiger charge is 2.22. The molecular formula is C30H58O4. The van der Waals surface area contributed by atoms with Gasteiger partial charge < -0.3 is 9.47 Å². The van der Waals surface area contributed by atoms with E-state index in [0.717, 1.165) is 64.2 Å². The highest BCUT2D eigenvalue weighted by Crippen LogP contribution is 2.21. The molecule has 0 rings (SSSR count). The SMILES string of the molecule is CCCCCOC(=O)CCCCCCCCCCCCCCC(C(=O)OCCCCC)C(C)C. The predicted molar refractivity (Wildman–Crippen MR) is 144 cm³/mol. The van der Waals surface area contributed by atoms with Gasteiger partial charge in [-0.2, -0.15) is 0 Å². The summed E-state index contributed by atoms with van der Waals surface area (Å²) < 4.78 is 10.7. The van der Waals surface area contributed by atoms with Crippen molar-refractivity contribution in [3.8, 4) is 0 Å². The second-order valence-electron chi connectivity index (χ2n) is 10.4. The maximum absolute atomic E-state index is 12.3. The number of unbranched alkanes of at least 4 members (excludes halogenated alkanes) is 15. The van der Waals surface area contributed by atoms with Crippen LogP contribution in [0.5, 0.6) is 0 Å². The minimum atomic E-state index is -0.0156. The van der Waals surface area contributed by atoms with Crippen molar-refractivity contribution in [2.45, 2.75) is 156 Å². The van der Waals surface area contributed by atoms with Crippen molar-refractivity contribution < 1.29 is 19.1 Å². The number of hydrogen-bond acceptors (Lipinski definition) is 4. The zero-order valence-electron chi connectivity index (χ0n) is 23.3. The molecule has 0 aromatic carbocycles. The van der Waals surface area contributed by atoms with Gasteiger partial charge in [0.25, 0.3) is 0 Å². The van der Waals surface area contributed by atoms with Gasteiger partial charge in [-0.3, -0.25) is 9.59 Å². The van der Waals surface area contributed by atoms with Crippen molar-refractivity contribution in [1.82, 2.24) is 0 Å². The number of hydrogen-bond donors (Lipinski definition) is 0. The predicted octanol–water partition coefficient (Wildman–Crippen LogP) is 9.19. The summed E-state index contributed by atoms with van der Waals surface area (Å²) in [7, 11) is 0. The van der Waals surface area contributed by atoms with Crippen molar-refractivity contribution in [2.24, 2.45) is 11.8 Å². The van der Waals surface area contributed by atoms with Crippen LogP contribution in [0.2, 0.25) is 0 Å². The summed E-state index contributed by atoms with van der Waals surface area (Å²) in [6.45, 7) is 9.79. The maximum Gasteiger partial charge on any atom is 0.309 e. The Bertz CT molecular complexity index is 461. The monoisotopic (exact) mass is 482 g/mol. The molecule has 0 amide bonds. The van der Waals surface area contributed by atoms with Gasteiger partial charge >= 0.3 is 11.9 Å². The molecule has 0 aliphatic heterocycles. The molecule has 0 saturated carbocycles. The van der Waals surface area contributed by atoms with E-state index in [2.05, 4.69) is 27.7 Å². The zero-order chi connectivity index (χ0) is 25.3. The minimum Gasteiger partial charge on any atom is -0.466 e. The molecule has 1 unspecified atom stereocenters. The summed E-state index contributed by atoms with van der Waals surface area (Å²) in [5, 5.41) is 0. The smallest absolute Gasteiger partial charge is 0.309 e. The highest BCUT2D eigenvalue weighted by atomic mass is 16.5. The van der Waals surface area contributed by atoms with Gasteiger partial charge in [-0.1, -0.05) is 124 Å². The minimum absolute atomic E-state index is 0.0156. The van der Waals surface area contributed by atoms with Crippen molar-refractivity contribution in [1.29, 1.82) is 0 Å². The summed E-state index contributed by atoms with van der Waals surface area (Å²) in [6.07, 6.45) is 23.1. The molecule has 0 spiro atoms. The van der Waals surface area contributed by atoms with Crippen molar-refractivity contribution >= 4 is 11.9 Å². The molecule has 0 bridgehead atoms. The van der Waals surface area contributed by atoms with Crippen LogP contribution in [0.4, 0.5) is 0 Å². The average molecular weight is 483 g/mol. The molecule has 4 heteroatoms. The van der Waals surface area contributed by atoms with E-state index in [1.807, 2.05) is 0 Å². The van der Waals surface area contributed by atoms with E-state index in [-0.39, 0.29) is 17.9 Å². The van der Waals surface area contributed by atoms with Gasteiger partial charge in [0.1, 0.15) is 0 Å². The first-order chi connectivity index (χ1) is 16.5. The van der Waals surface area contributed by atoms with Crippen LogP contribution in [0.3, 0.4) is 0 Å². The normalized spacial score (nSPS) is 12.1. The molecule has 0 saturated heterocycles. The topological polar surface area (TPSA) is 52.6 Å². The average Bonchev–Trinajstić information content (AvgIpc) is 2.81. The molecule has 0 N–H and O–H groups in total. The summed E-state index contributed by atoms with van der Waals surface area (Å²) in [6, 6.07) is 0. The van der Waals surface area contributed by atoms with Crippen LogP contribution in [0.25, 0.3) is 0 Å². The molecule has 34 heavy (non-hydrogen) atoms. The Balaban J connectivity index is 3.47. The Morgan fingerprint density at radius 2 is 1.00 bits per heavy atom. The fraction of sp³-hybridized carbons (Fsp3) is 0.933. The quantitative estimate of drug-likeness (QED) is 0.0961. The number of carbonyl (C=O) groups is 2. The standard InChI is InChI=1S/C30H58O4/c1-5-7-21-25-33-29(31)24-20-18-16-14-12-10-9-11-13-15-17-19-23-28(27(3)4)30(32)34-26-22-8-6-2/h27-28H,5-26H2,1-4H3. The Hall–Kier alpha value is -1.06. The highest BCUT2D eigenvalue weighted by molar-refractivity contribution is 5.72. The first kappa shape index (κ1) is 32.9. The van der Waals surface area contributed by atoms with Crippen LogP contribution >= 0.6 is 0 Å². The number of ether oxygens (including phenoxy) is 2. The van der Waals surface area contributed by atoms with Gasteiger partial charge in [0, 0.05) is 6.42 Å². The van der Waals surface area contributed by atoms with Crippen LogP contribution in [0.15, 0.2) is 0 Å². The van der Waals surface area contributed by atoms with E-state index >= 15 is 0 Å². The Kier molecular flexibility index (Phi) is 24.3. The summed E-state index contributed by atoms with van der Waals surface area (Å²) in [4.78, 5) is 24.0. The molecule has 0 fully saturated rings. The summed E-state index contributed by atoms with van der Waals surface area (Å²) in [5.74, 6) is 0.438. The molecule has 0 radical (unpaired) electrons. The van der Waals surface area contributed by atoms with Gasteiger partial charge in [0.2, 0.25) is 0 Å². The first-order valence-electron chi connectivity index (χ1n) is 14.8. The molecule has 1 atom stereocenters. The Morgan fingerprint density at radius 1 is 0.559 bits per heavy atom. The Morgan fingerprint density at radius 3 is 1.47 bits per heavy atom. The van der Waals surface area contributed by atoms with Crippen molar-refractivity contribution in [3.05, 3.63) is 0 Å². The lowest BCUT2D eigenvalue weighted by atomic mass is 9.90. The fourth-order valence-corrected chi connectivity index (χ4v) is 4.37. The van der Waals surface area contributed by atoms with E-state index in [4.69, 9.17) is 9.47 Å². The maximum atomic E-state index is 12.3. The summed E-state index contributed by atoms with van der Waals surface area (Å²) in [5.41, 5.74) is 0. The van der Waals surface area contributed by atoms with Crippen molar-refractivity contribution in [2.75, 3.05) is 13.2 Å². The van der Waals surface area contributed by atoms with Gasteiger partial charge in [-0.25, -0.2) is 0 Å². The summed E-state index contributed by atoms with van der Waals surface area (Å²) >= 11 is 0.